The first kappa shape index (κ1) is 16.3. The summed E-state index contributed by atoms with van der Waals surface area (Å²) in [6.45, 7) is 4.99. The van der Waals surface area contributed by atoms with Gasteiger partial charge in [-0.25, -0.2) is 4.98 Å². The molecule has 3 nitrogen and oxygen atoms in total. The van der Waals surface area contributed by atoms with Gasteiger partial charge in [0.25, 0.3) is 0 Å². The van der Waals surface area contributed by atoms with Crippen LogP contribution in [0.15, 0.2) is 34.8 Å². The molecule has 1 heterocycles. The van der Waals surface area contributed by atoms with E-state index in [4.69, 9.17) is 16.3 Å². The van der Waals surface area contributed by atoms with Crippen molar-refractivity contribution in [2.24, 2.45) is 0 Å². The molecule has 21 heavy (non-hydrogen) atoms. The molecule has 0 radical (unpaired) electrons. The lowest BCUT2D eigenvalue weighted by Gasteiger charge is -2.12. The van der Waals surface area contributed by atoms with E-state index < -0.39 is 0 Å². The summed E-state index contributed by atoms with van der Waals surface area (Å²) >= 11 is 9.58. The molecule has 0 fully saturated rings. The van der Waals surface area contributed by atoms with Crippen LogP contribution >= 0.6 is 27.5 Å². The molecule has 0 saturated heterocycles. The number of nitrogens with zero attached hydrogens (tertiary/aromatic N) is 1. The van der Waals surface area contributed by atoms with Crippen molar-refractivity contribution >= 4 is 27.5 Å². The first-order valence-corrected chi connectivity index (χ1v) is 7.95. The molecule has 0 bridgehead atoms. The molecule has 5 heteroatoms. The van der Waals surface area contributed by atoms with E-state index in [-0.39, 0.29) is 0 Å². The van der Waals surface area contributed by atoms with Crippen LogP contribution in [-0.2, 0) is 6.54 Å². The molecule has 0 aliphatic carbocycles. The summed E-state index contributed by atoms with van der Waals surface area (Å²) < 4.78 is 6.78. The number of halogens is 2. The minimum atomic E-state index is 0.335. The largest absolute Gasteiger partial charge is 0.437 e. The van der Waals surface area contributed by atoms with Crippen LogP contribution in [0.25, 0.3) is 0 Å². The summed E-state index contributed by atoms with van der Waals surface area (Å²) in [5.74, 6) is 1.49. The number of pyridine rings is 1. The Hall–Kier alpha value is -1.10. The summed E-state index contributed by atoms with van der Waals surface area (Å²) in [6.07, 6.45) is 0. The molecule has 0 amide bonds. The second-order valence-electron chi connectivity index (χ2n) is 5.10. The van der Waals surface area contributed by atoms with Crippen LogP contribution in [0, 0.1) is 0 Å². The molecule has 0 atom stereocenters. The highest BCUT2D eigenvalue weighted by atomic mass is 79.9. The molecule has 0 aliphatic heterocycles. The second kappa shape index (κ2) is 7.25. The van der Waals surface area contributed by atoms with Crippen molar-refractivity contribution in [2.45, 2.75) is 26.3 Å². The predicted molar refractivity (Wildman–Crippen MR) is 90.3 cm³/mol. The molecule has 112 valence electrons. The fourth-order valence-corrected chi connectivity index (χ4v) is 2.40. The van der Waals surface area contributed by atoms with Crippen LogP contribution in [0.1, 0.15) is 31.0 Å². The highest BCUT2D eigenvalue weighted by Gasteiger charge is 2.10. The van der Waals surface area contributed by atoms with E-state index in [2.05, 4.69) is 46.1 Å². The quantitative estimate of drug-likeness (QED) is 0.793. The van der Waals surface area contributed by atoms with Crippen molar-refractivity contribution < 1.29 is 4.74 Å². The molecule has 0 unspecified atom stereocenters. The van der Waals surface area contributed by atoms with Crippen LogP contribution in [-0.4, -0.2) is 12.0 Å². The van der Waals surface area contributed by atoms with Crippen molar-refractivity contribution in [2.75, 3.05) is 7.05 Å². The van der Waals surface area contributed by atoms with Gasteiger partial charge in [-0.2, -0.15) is 0 Å². The molecule has 0 saturated carbocycles. The minimum absolute atomic E-state index is 0.335. The summed E-state index contributed by atoms with van der Waals surface area (Å²) in [4.78, 5) is 4.56. The highest BCUT2D eigenvalue weighted by molar-refractivity contribution is 9.10. The number of rotatable bonds is 5. The molecule has 0 spiro atoms. The Morgan fingerprint density at radius 1 is 1.29 bits per heavy atom. The van der Waals surface area contributed by atoms with Crippen molar-refractivity contribution in [3.05, 3.63) is 51.1 Å². The first-order chi connectivity index (χ1) is 9.99. The van der Waals surface area contributed by atoms with Crippen LogP contribution in [0.4, 0.5) is 0 Å². The Kier molecular flexibility index (Phi) is 5.62. The fraction of sp³-hybridized carbons (Fsp3) is 0.312. The van der Waals surface area contributed by atoms with Crippen LogP contribution < -0.4 is 10.1 Å². The molecule has 1 N–H and O–H groups in total. The van der Waals surface area contributed by atoms with Gasteiger partial charge in [0, 0.05) is 22.8 Å². The van der Waals surface area contributed by atoms with Gasteiger partial charge in [-0.3, -0.25) is 0 Å². The molecular formula is C16H18BrClN2O. The molecule has 1 aromatic heterocycles. The Bertz CT molecular complexity index is 632. The van der Waals surface area contributed by atoms with Gasteiger partial charge in [0.15, 0.2) is 0 Å². The van der Waals surface area contributed by atoms with Gasteiger partial charge in [-0.05, 0) is 42.8 Å². The van der Waals surface area contributed by atoms with Crippen LogP contribution in [0.5, 0.6) is 11.6 Å². The van der Waals surface area contributed by atoms with Gasteiger partial charge >= 0.3 is 0 Å². The summed E-state index contributed by atoms with van der Waals surface area (Å²) in [7, 11) is 1.92. The van der Waals surface area contributed by atoms with Gasteiger partial charge in [0.05, 0.1) is 5.02 Å². The average molecular weight is 370 g/mol. The normalized spacial score (nSPS) is 11.0. The lowest BCUT2D eigenvalue weighted by atomic mass is 10.1. The third-order valence-corrected chi connectivity index (χ3v) is 3.77. The van der Waals surface area contributed by atoms with Crippen molar-refractivity contribution in [3.8, 4) is 11.6 Å². The minimum Gasteiger partial charge on any atom is -0.437 e. The highest BCUT2D eigenvalue weighted by Crippen LogP contribution is 2.32. The Labute approximate surface area is 138 Å². The first-order valence-electron chi connectivity index (χ1n) is 6.78. The molecule has 1 aromatic carbocycles. The zero-order valence-corrected chi connectivity index (χ0v) is 14.6. The van der Waals surface area contributed by atoms with Gasteiger partial charge in [0.2, 0.25) is 5.88 Å². The molecular weight excluding hydrogens is 352 g/mol. The number of hydrogen-bond acceptors (Lipinski definition) is 3. The van der Waals surface area contributed by atoms with E-state index >= 15 is 0 Å². The van der Waals surface area contributed by atoms with E-state index in [9.17, 15) is 0 Å². The fourth-order valence-electron chi connectivity index (χ4n) is 1.90. The van der Waals surface area contributed by atoms with E-state index in [1.54, 1.807) is 6.07 Å². The van der Waals surface area contributed by atoms with E-state index in [1.165, 1.54) is 0 Å². The third-order valence-electron chi connectivity index (χ3n) is 2.96. The summed E-state index contributed by atoms with van der Waals surface area (Å²) in [6, 6.07) is 9.53. The van der Waals surface area contributed by atoms with Crippen molar-refractivity contribution in [3.63, 3.8) is 0 Å². The maximum atomic E-state index is 6.16. The lowest BCUT2D eigenvalue weighted by Crippen LogP contribution is -2.07. The summed E-state index contributed by atoms with van der Waals surface area (Å²) in [5, 5.41) is 3.71. The zero-order chi connectivity index (χ0) is 15.4. The standard InChI is InChI=1S/C16H18BrClN2O/c1-10(2)14-6-11(9-19-3)7-16(20-14)21-15-8-12(17)4-5-13(15)18/h4-8,10,19H,9H2,1-3H3. The second-order valence-corrected chi connectivity index (χ2v) is 6.42. The zero-order valence-electron chi connectivity index (χ0n) is 12.3. The number of aromatic nitrogens is 1. The summed E-state index contributed by atoms with van der Waals surface area (Å²) in [5.41, 5.74) is 2.14. The SMILES string of the molecule is CNCc1cc(Oc2cc(Br)ccc2Cl)nc(C(C)C)c1. The molecule has 2 rings (SSSR count). The van der Waals surface area contributed by atoms with Crippen LogP contribution in [0.3, 0.4) is 0 Å². The Balaban J connectivity index is 2.36. The third kappa shape index (κ3) is 4.43. The van der Waals surface area contributed by atoms with Gasteiger partial charge in [-0.1, -0.05) is 41.4 Å². The molecule has 2 aromatic rings. The average Bonchev–Trinajstić information content (AvgIpc) is 2.43. The van der Waals surface area contributed by atoms with Crippen molar-refractivity contribution in [1.82, 2.24) is 10.3 Å². The van der Waals surface area contributed by atoms with E-state index in [0.29, 0.717) is 22.6 Å². The number of ether oxygens (including phenoxy) is 1. The number of nitrogens with one attached hydrogen (secondary N) is 1. The number of hydrogen-bond donors (Lipinski definition) is 1. The molecule has 0 aliphatic rings. The smallest absolute Gasteiger partial charge is 0.219 e. The number of benzene rings is 1. The Morgan fingerprint density at radius 2 is 2.05 bits per heavy atom. The maximum absolute atomic E-state index is 6.16. The van der Waals surface area contributed by atoms with Gasteiger partial charge < -0.3 is 10.1 Å². The van der Waals surface area contributed by atoms with Crippen molar-refractivity contribution in [1.29, 1.82) is 0 Å². The monoisotopic (exact) mass is 368 g/mol. The Morgan fingerprint density at radius 3 is 2.71 bits per heavy atom. The lowest BCUT2D eigenvalue weighted by molar-refractivity contribution is 0.458. The van der Waals surface area contributed by atoms with E-state index in [1.807, 2.05) is 25.2 Å². The van der Waals surface area contributed by atoms with Gasteiger partial charge in [-0.15, -0.1) is 0 Å². The topological polar surface area (TPSA) is 34.1 Å². The van der Waals surface area contributed by atoms with Gasteiger partial charge in [0.1, 0.15) is 5.75 Å². The van der Waals surface area contributed by atoms with E-state index in [0.717, 1.165) is 22.3 Å². The predicted octanol–water partition coefficient (Wildman–Crippen LogP) is 5.13. The van der Waals surface area contributed by atoms with Crippen LogP contribution in [0.2, 0.25) is 5.02 Å². The maximum Gasteiger partial charge on any atom is 0.219 e.